The molecule has 2 amide bonds. The van der Waals surface area contributed by atoms with Gasteiger partial charge in [-0.15, -0.1) is 0 Å². The number of hydrazone groups is 1. The van der Waals surface area contributed by atoms with E-state index in [4.69, 9.17) is 4.42 Å². The normalized spacial score (nSPS) is 16.3. The molecule has 1 atom stereocenters. The number of nitrogens with zero attached hydrogens (tertiary/aromatic N) is 2. The summed E-state index contributed by atoms with van der Waals surface area (Å²) in [6.45, 7) is 0.383. The Balaban J connectivity index is 1.31. The van der Waals surface area contributed by atoms with Gasteiger partial charge in [0, 0.05) is 24.9 Å². The molecule has 1 N–H and O–H groups in total. The van der Waals surface area contributed by atoms with E-state index in [0.717, 1.165) is 17.7 Å². The Bertz CT molecular complexity index is 1130. The van der Waals surface area contributed by atoms with Gasteiger partial charge in [-0.3, -0.25) is 9.59 Å². The van der Waals surface area contributed by atoms with E-state index in [9.17, 15) is 18.4 Å². The van der Waals surface area contributed by atoms with Crippen LogP contribution in [0.15, 0.2) is 70.2 Å². The summed E-state index contributed by atoms with van der Waals surface area (Å²) in [6, 6.07) is 16.0. The number of nitrogens with one attached hydrogen (secondary N) is 1. The molecule has 3 aromatic rings. The quantitative estimate of drug-likeness (QED) is 0.485. The second kappa shape index (κ2) is 8.91. The van der Waals surface area contributed by atoms with Gasteiger partial charge in [0.2, 0.25) is 5.91 Å². The average Bonchev–Trinajstić information content (AvgIpc) is 3.36. The lowest BCUT2D eigenvalue weighted by molar-refractivity contribution is -0.133. The van der Waals surface area contributed by atoms with Crippen molar-refractivity contribution in [2.75, 3.05) is 13.1 Å². The van der Waals surface area contributed by atoms with Crippen LogP contribution in [-0.4, -0.2) is 36.0 Å². The number of likely N-dealkylation sites (tertiary alicyclic amines) is 1. The molecule has 0 radical (unpaired) electrons. The molecule has 1 saturated heterocycles. The minimum atomic E-state index is -0.741. The molecule has 2 aromatic carbocycles. The molecule has 4 rings (SSSR count). The number of rotatable bonds is 6. The lowest BCUT2D eigenvalue weighted by Gasteiger charge is -2.15. The third-order valence-corrected chi connectivity index (χ3v) is 5.02. The van der Waals surface area contributed by atoms with Crippen LogP contribution in [0, 0.1) is 11.6 Å². The van der Waals surface area contributed by atoms with Gasteiger partial charge in [-0.05, 0) is 29.8 Å². The van der Waals surface area contributed by atoms with Crippen LogP contribution < -0.4 is 5.43 Å². The van der Waals surface area contributed by atoms with Crippen molar-refractivity contribution in [1.29, 1.82) is 0 Å². The van der Waals surface area contributed by atoms with Crippen LogP contribution in [0.2, 0.25) is 0 Å². The maximum Gasteiger partial charge on any atom is 0.259 e. The molecule has 1 aliphatic rings. The molecular weight excluding hydrogens is 404 g/mol. The first-order chi connectivity index (χ1) is 15.0. The molecule has 1 aromatic heterocycles. The molecule has 158 valence electrons. The first-order valence-electron chi connectivity index (χ1n) is 9.69. The van der Waals surface area contributed by atoms with Crippen LogP contribution in [0.1, 0.15) is 23.7 Å². The van der Waals surface area contributed by atoms with E-state index in [1.165, 1.54) is 23.2 Å². The van der Waals surface area contributed by atoms with Gasteiger partial charge in [-0.2, -0.15) is 5.10 Å². The van der Waals surface area contributed by atoms with Crippen LogP contribution in [0.25, 0.3) is 11.3 Å². The number of carbonyl (C=O) groups excluding carboxylic acids is 2. The summed E-state index contributed by atoms with van der Waals surface area (Å²) < 4.78 is 32.3. The topological polar surface area (TPSA) is 74.9 Å². The molecule has 0 unspecified atom stereocenters. The Morgan fingerprint density at radius 2 is 1.97 bits per heavy atom. The highest BCUT2D eigenvalue weighted by atomic mass is 19.1. The molecule has 31 heavy (non-hydrogen) atoms. The van der Waals surface area contributed by atoms with Crippen LogP contribution in [-0.2, 0) is 9.59 Å². The molecule has 1 aliphatic heterocycles. The average molecular weight is 423 g/mol. The van der Waals surface area contributed by atoms with Crippen molar-refractivity contribution in [1.82, 2.24) is 10.3 Å². The van der Waals surface area contributed by atoms with Gasteiger partial charge in [0.25, 0.3) is 5.91 Å². The van der Waals surface area contributed by atoms with Crippen molar-refractivity contribution in [3.8, 4) is 11.3 Å². The summed E-state index contributed by atoms with van der Waals surface area (Å²) in [4.78, 5) is 25.9. The van der Waals surface area contributed by atoms with Crippen molar-refractivity contribution >= 4 is 18.0 Å². The minimum Gasteiger partial charge on any atom is -0.455 e. The van der Waals surface area contributed by atoms with Crippen molar-refractivity contribution in [3.05, 3.63) is 83.6 Å². The first-order valence-corrected chi connectivity index (χ1v) is 9.69. The van der Waals surface area contributed by atoms with Crippen molar-refractivity contribution in [2.45, 2.75) is 12.3 Å². The molecular formula is C23H19F2N3O3. The van der Waals surface area contributed by atoms with Gasteiger partial charge in [0.05, 0.1) is 11.8 Å². The Morgan fingerprint density at radius 3 is 2.74 bits per heavy atom. The lowest BCUT2D eigenvalue weighted by Crippen LogP contribution is -2.36. The third-order valence-electron chi connectivity index (χ3n) is 5.02. The highest BCUT2D eigenvalue weighted by molar-refractivity contribution is 5.87. The number of benzene rings is 2. The van der Waals surface area contributed by atoms with Gasteiger partial charge < -0.3 is 9.32 Å². The summed E-state index contributed by atoms with van der Waals surface area (Å²) in [5.74, 6) is -1.38. The SMILES string of the molecule is O=C(CN1C[C@@H](c2ccccc2)CC1=O)N/N=C\c1ccc(-c2ccc(F)cc2F)o1. The van der Waals surface area contributed by atoms with Crippen LogP contribution >= 0.6 is 0 Å². The summed E-state index contributed by atoms with van der Waals surface area (Å²) in [5, 5.41) is 3.82. The lowest BCUT2D eigenvalue weighted by atomic mass is 9.99. The van der Waals surface area contributed by atoms with Crippen LogP contribution in [0.3, 0.4) is 0 Å². The smallest absolute Gasteiger partial charge is 0.259 e. The third kappa shape index (κ3) is 4.85. The fourth-order valence-corrected chi connectivity index (χ4v) is 3.51. The van der Waals surface area contributed by atoms with Gasteiger partial charge in [-0.1, -0.05) is 30.3 Å². The van der Waals surface area contributed by atoms with Gasteiger partial charge in [0.1, 0.15) is 29.7 Å². The van der Waals surface area contributed by atoms with Gasteiger partial charge in [-0.25, -0.2) is 14.2 Å². The molecule has 0 spiro atoms. The standard InChI is InChI=1S/C23H19F2N3O3/c24-17-6-8-19(20(25)11-17)21-9-7-18(31-21)12-26-27-22(29)14-28-13-16(10-23(28)30)15-4-2-1-3-5-15/h1-9,11-12,16H,10,13-14H2,(H,27,29)/b26-12-/t16-/m0/s1. The summed E-state index contributed by atoms with van der Waals surface area (Å²) in [5.41, 5.74) is 3.54. The van der Waals surface area contributed by atoms with E-state index in [1.807, 2.05) is 30.3 Å². The minimum absolute atomic E-state index is 0.0680. The Kier molecular flexibility index (Phi) is 5.88. The monoisotopic (exact) mass is 423 g/mol. The molecule has 1 fully saturated rings. The molecule has 0 bridgehead atoms. The summed E-state index contributed by atoms with van der Waals surface area (Å²) in [6.07, 6.45) is 1.64. The van der Waals surface area contributed by atoms with Crippen LogP contribution in [0.4, 0.5) is 8.78 Å². The van der Waals surface area contributed by atoms with E-state index in [1.54, 1.807) is 6.07 Å². The zero-order chi connectivity index (χ0) is 21.8. The van der Waals surface area contributed by atoms with Gasteiger partial charge >= 0.3 is 0 Å². The number of hydrogen-bond acceptors (Lipinski definition) is 4. The Hall–Kier alpha value is -3.81. The van der Waals surface area contributed by atoms with Crippen molar-refractivity contribution in [2.24, 2.45) is 5.10 Å². The molecule has 2 heterocycles. The largest absolute Gasteiger partial charge is 0.455 e. The van der Waals surface area contributed by atoms with E-state index in [2.05, 4.69) is 10.5 Å². The van der Waals surface area contributed by atoms with E-state index < -0.39 is 17.5 Å². The second-order valence-corrected chi connectivity index (χ2v) is 7.21. The summed E-state index contributed by atoms with van der Waals surface area (Å²) in [7, 11) is 0. The van der Waals surface area contributed by atoms with Crippen LogP contribution in [0.5, 0.6) is 0 Å². The molecule has 0 aliphatic carbocycles. The number of amides is 2. The zero-order valence-electron chi connectivity index (χ0n) is 16.4. The predicted molar refractivity (Wildman–Crippen MR) is 110 cm³/mol. The maximum absolute atomic E-state index is 13.8. The van der Waals surface area contributed by atoms with E-state index in [-0.39, 0.29) is 35.5 Å². The zero-order valence-corrected chi connectivity index (χ0v) is 16.4. The molecule has 8 heteroatoms. The number of furan rings is 1. The fraction of sp³-hybridized carbons (Fsp3) is 0.174. The van der Waals surface area contributed by atoms with Crippen molar-refractivity contribution in [3.63, 3.8) is 0 Å². The first kappa shape index (κ1) is 20.5. The van der Waals surface area contributed by atoms with Gasteiger partial charge in [0.15, 0.2) is 0 Å². The predicted octanol–water partition coefficient (Wildman–Crippen LogP) is 3.69. The molecule has 6 nitrogen and oxygen atoms in total. The Morgan fingerprint density at radius 1 is 1.16 bits per heavy atom. The number of halogens is 2. The summed E-state index contributed by atoms with van der Waals surface area (Å²) >= 11 is 0. The number of carbonyl (C=O) groups is 2. The van der Waals surface area contributed by atoms with E-state index in [0.29, 0.717) is 13.0 Å². The highest BCUT2D eigenvalue weighted by Gasteiger charge is 2.31. The molecule has 0 saturated carbocycles. The van der Waals surface area contributed by atoms with E-state index >= 15 is 0 Å². The maximum atomic E-state index is 13.8. The Labute approximate surface area is 177 Å². The fourth-order valence-electron chi connectivity index (χ4n) is 3.51. The highest BCUT2D eigenvalue weighted by Crippen LogP contribution is 2.28. The number of hydrogen-bond donors (Lipinski definition) is 1. The second-order valence-electron chi connectivity index (χ2n) is 7.21. The van der Waals surface area contributed by atoms with Crippen molar-refractivity contribution < 1.29 is 22.8 Å².